The monoisotopic (exact) mass is 285 g/mol. The van der Waals surface area contributed by atoms with E-state index in [-0.39, 0.29) is 6.03 Å². The van der Waals surface area contributed by atoms with Gasteiger partial charge in [-0.3, -0.25) is 4.90 Å². The molecular formula is C14H27N3O3. The molecule has 6 heteroatoms. The summed E-state index contributed by atoms with van der Waals surface area (Å²) >= 11 is 0. The molecule has 1 unspecified atom stereocenters. The number of amides is 2. The van der Waals surface area contributed by atoms with Gasteiger partial charge in [-0.05, 0) is 26.3 Å². The van der Waals surface area contributed by atoms with E-state index in [4.69, 9.17) is 0 Å². The molecule has 2 amide bonds. The number of piperazine rings is 1. The molecule has 1 aliphatic heterocycles. The lowest BCUT2D eigenvalue weighted by Crippen LogP contribution is -2.61. The zero-order valence-corrected chi connectivity index (χ0v) is 13.0. The number of nitrogens with zero attached hydrogens (tertiary/aromatic N) is 2. The summed E-state index contributed by atoms with van der Waals surface area (Å²) < 4.78 is 0. The summed E-state index contributed by atoms with van der Waals surface area (Å²) in [6, 6.07) is 0.0830. The van der Waals surface area contributed by atoms with Crippen LogP contribution < -0.4 is 5.32 Å². The Morgan fingerprint density at radius 3 is 2.30 bits per heavy atom. The highest BCUT2D eigenvalue weighted by atomic mass is 16.4. The molecule has 1 heterocycles. The number of carbonyl (C=O) groups excluding carboxylic acids is 1. The molecule has 2 N–H and O–H groups in total. The van der Waals surface area contributed by atoms with Crippen molar-refractivity contribution in [3.05, 3.63) is 0 Å². The summed E-state index contributed by atoms with van der Waals surface area (Å²) in [5.74, 6) is -0.961. The van der Waals surface area contributed by atoms with E-state index in [9.17, 15) is 14.7 Å². The Kier molecular flexibility index (Phi) is 5.80. The first-order valence-electron chi connectivity index (χ1n) is 7.40. The minimum Gasteiger partial charge on any atom is -0.480 e. The van der Waals surface area contributed by atoms with E-state index in [0.717, 1.165) is 13.0 Å². The molecular weight excluding hydrogens is 258 g/mol. The molecule has 0 spiro atoms. The predicted molar refractivity (Wildman–Crippen MR) is 77.8 cm³/mol. The summed E-state index contributed by atoms with van der Waals surface area (Å²) in [6.45, 7) is 7.80. The molecule has 0 radical (unpaired) electrons. The smallest absolute Gasteiger partial charge is 0.329 e. The Bertz CT molecular complexity index is 356. The van der Waals surface area contributed by atoms with Gasteiger partial charge in [-0.15, -0.1) is 0 Å². The van der Waals surface area contributed by atoms with E-state index < -0.39 is 11.5 Å². The van der Waals surface area contributed by atoms with Crippen molar-refractivity contribution in [1.82, 2.24) is 15.1 Å². The van der Waals surface area contributed by atoms with E-state index >= 15 is 0 Å². The van der Waals surface area contributed by atoms with Gasteiger partial charge >= 0.3 is 12.0 Å². The van der Waals surface area contributed by atoms with Crippen LogP contribution in [0.15, 0.2) is 0 Å². The number of carboxylic acid groups (broad SMARTS) is 1. The molecule has 6 nitrogen and oxygen atoms in total. The van der Waals surface area contributed by atoms with Crippen LogP contribution in [0, 0.1) is 0 Å². The second-order valence-electron chi connectivity index (χ2n) is 5.51. The van der Waals surface area contributed by atoms with E-state index in [2.05, 4.69) is 24.2 Å². The highest BCUT2D eigenvalue weighted by Crippen LogP contribution is 2.17. The number of carbonyl (C=O) groups is 2. The summed E-state index contributed by atoms with van der Waals surface area (Å²) in [5, 5.41) is 12.1. The Hall–Kier alpha value is -1.30. The van der Waals surface area contributed by atoms with E-state index in [1.165, 1.54) is 0 Å². The number of nitrogens with one attached hydrogen (secondary N) is 1. The summed E-state index contributed by atoms with van der Waals surface area (Å²) in [4.78, 5) is 27.7. The van der Waals surface area contributed by atoms with Gasteiger partial charge in [-0.1, -0.05) is 20.8 Å². The van der Waals surface area contributed by atoms with Crippen LogP contribution in [0.1, 0.15) is 40.0 Å². The zero-order chi connectivity index (χ0) is 15.3. The van der Waals surface area contributed by atoms with Crippen LogP contribution in [0.2, 0.25) is 0 Å². The number of rotatable bonds is 5. The Morgan fingerprint density at radius 1 is 1.25 bits per heavy atom. The van der Waals surface area contributed by atoms with E-state index in [1.54, 1.807) is 18.7 Å². The van der Waals surface area contributed by atoms with Crippen molar-refractivity contribution < 1.29 is 14.7 Å². The highest BCUT2D eigenvalue weighted by Gasteiger charge is 2.38. The third-order valence-corrected chi connectivity index (χ3v) is 4.50. The van der Waals surface area contributed by atoms with Gasteiger partial charge in [0.25, 0.3) is 0 Å². The van der Waals surface area contributed by atoms with Gasteiger partial charge in [-0.25, -0.2) is 9.59 Å². The molecule has 1 atom stereocenters. The molecule has 116 valence electrons. The molecule has 0 bridgehead atoms. The maximum atomic E-state index is 12.3. The normalized spacial score (nSPS) is 20.8. The average Bonchev–Trinajstić information content (AvgIpc) is 2.44. The molecule has 0 aromatic carbocycles. The van der Waals surface area contributed by atoms with Crippen molar-refractivity contribution >= 4 is 12.0 Å². The number of urea groups is 1. The lowest BCUT2D eigenvalue weighted by molar-refractivity contribution is -0.144. The second kappa shape index (κ2) is 6.92. The minimum absolute atomic E-state index is 0.261. The number of aliphatic carboxylic acids is 1. The first-order chi connectivity index (χ1) is 9.40. The third-order valence-electron chi connectivity index (χ3n) is 4.50. The van der Waals surface area contributed by atoms with Crippen molar-refractivity contribution in [1.29, 1.82) is 0 Å². The number of hydrogen-bond acceptors (Lipinski definition) is 3. The van der Waals surface area contributed by atoms with Crippen molar-refractivity contribution in [3.8, 4) is 0 Å². The first-order valence-corrected chi connectivity index (χ1v) is 7.40. The maximum Gasteiger partial charge on any atom is 0.329 e. The van der Waals surface area contributed by atoms with Gasteiger partial charge in [0.15, 0.2) is 0 Å². The molecule has 1 saturated heterocycles. The Morgan fingerprint density at radius 2 is 1.85 bits per heavy atom. The van der Waals surface area contributed by atoms with Crippen LogP contribution in [0.25, 0.3) is 0 Å². The Labute approximate surface area is 121 Å². The second-order valence-corrected chi connectivity index (χ2v) is 5.51. The quantitative estimate of drug-likeness (QED) is 0.800. The van der Waals surface area contributed by atoms with Crippen LogP contribution in [-0.2, 0) is 4.79 Å². The number of hydrogen-bond donors (Lipinski definition) is 2. The van der Waals surface area contributed by atoms with Gasteiger partial charge in [0.1, 0.15) is 5.54 Å². The van der Waals surface area contributed by atoms with Crippen LogP contribution in [0.4, 0.5) is 4.79 Å². The van der Waals surface area contributed by atoms with Crippen LogP contribution in [0.5, 0.6) is 0 Å². The van der Waals surface area contributed by atoms with Crippen molar-refractivity contribution in [2.45, 2.75) is 51.6 Å². The lowest BCUT2D eigenvalue weighted by Gasteiger charge is -2.40. The molecule has 1 rings (SSSR count). The SMILES string of the molecule is CCC1CN(C(=O)NC(CC)(CC)C(=O)O)CCN1C. The van der Waals surface area contributed by atoms with Crippen molar-refractivity contribution in [2.24, 2.45) is 0 Å². The zero-order valence-electron chi connectivity index (χ0n) is 13.0. The maximum absolute atomic E-state index is 12.3. The molecule has 20 heavy (non-hydrogen) atoms. The fourth-order valence-corrected chi connectivity index (χ4v) is 2.64. The molecule has 1 aliphatic rings. The van der Waals surface area contributed by atoms with Crippen molar-refractivity contribution in [3.63, 3.8) is 0 Å². The van der Waals surface area contributed by atoms with Crippen LogP contribution in [0.3, 0.4) is 0 Å². The van der Waals surface area contributed by atoms with Crippen molar-refractivity contribution in [2.75, 3.05) is 26.7 Å². The van der Waals surface area contributed by atoms with Crippen LogP contribution in [-0.4, -0.2) is 65.2 Å². The first kappa shape index (κ1) is 16.8. The van der Waals surface area contributed by atoms with E-state index in [1.807, 2.05) is 0 Å². The fraction of sp³-hybridized carbons (Fsp3) is 0.857. The topological polar surface area (TPSA) is 72.9 Å². The minimum atomic E-state index is -1.15. The highest BCUT2D eigenvalue weighted by molar-refractivity contribution is 5.86. The average molecular weight is 285 g/mol. The van der Waals surface area contributed by atoms with Gasteiger partial charge in [0.05, 0.1) is 0 Å². The molecule has 0 saturated carbocycles. The standard InChI is InChI=1S/C14H27N3O3/c1-5-11-10-17(9-8-16(11)4)13(20)15-14(6-2,7-3)12(18)19/h11H,5-10H2,1-4H3,(H,15,20)(H,18,19). The predicted octanol–water partition coefficient (Wildman–Crippen LogP) is 1.37. The largest absolute Gasteiger partial charge is 0.480 e. The lowest BCUT2D eigenvalue weighted by atomic mass is 9.93. The van der Waals surface area contributed by atoms with E-state index in [0.29, 0.717) is 32.0 Å². The molecule has 0 aromatic heterocycles. The summed E-state index contributed by atoms with van der Waals surface area (Å²) in [6.07, 6.45) is 1.75. The van der Waals surface area contributed by atoms with Gasteiger partial charge in [-0.2, -0.15) is 0 Å². The molecule has 0 aromatic rings. The van der Waals surface area contributed by atoms with Gasteiger partial charge < -0.3 is 15.3 Å². The summed E-state index contributed by atoms with van der Waals surface area (Å²) in [5.41, 5.74) is -1.15. The fourth-order valence-electron chi connectivity index (χ4n) is 2.64. The third kappa shape index (κ3) is 3.42. The summed E-state index contributed by atoms with van der Waals surface area (Å²) in [7, 11) is 2.06. The number of carboxylic acids is 1. The molecule has 1 fully saturated rings. The molecule has 0 aliphatic carbocycles. The number of likely N-dealkylation sites (N-methyl/N-ethyl adjacent to an activating group) is 1. The van der Waals surface area contributed by atoms with Crippen LogP contribution >= 0.6 is 0 Å². The Balaban J connectivity index is 2.73. The van der Waals surface area contributed by atoms with Gasteiger partial charge in [0.2, 0.25) is 0 Å². The van der Waals surface area contributed by atoms with Gasteiger partial charge in [0, 0.05) is 25.7 Å².